The Labute approximate surface area is 95.9 Å². The lowest BCUT2D eigenvalue weighted by atomic mass is 10.4. The van der Waals surface area contributed by atoms with Crippen LogP contribution >= 0.6 is 0 Å². The maximum atomic E-state index is 11.7. The minimum Gasteiger partial charge on any atom is -0.395 e. The lowest BCUT2D eigenvalue weighted by Crippen LogP contribution is -2.41. The van der Waals surface area contributed by atoms with Crippen LogP contribution in [0.1, 0.15) is 12.8 Å². The molecule has 1 aliphatic rings. The standard InChI is InChI=1S/C9H18N2O4S/c1-10(16(14,15)7-6-12)8-9(13)11-4-2-3-5-11/h12H,2-8H2,1H3. The molecule has 0 aromatic heterocycles. The fraction of sp³-hybridized carbons (Fsp3) is 0.889. The molecule has 0 saturated carbocycles. The third-order valence-corrected chi connectivity index (χ3v) is 4.42. The molecule has 1 aliphatic heterocycles. The summed E-state index contributed by atoms with van der Waals surface area (Å²) in [6.07, 6.45) is 1.97. The molecule has 6 nitrogen and oxygen atoms in total. The highest BCUT2D eigenvalue weighted by atomic mass is 32.2. The molecule has 0 aromatic carbocycles. The monoisotopic (exact) mass is 250 g/mol. The van der Waals surface area contributed by atoms with Crippen LogP contribution in [-0.4, -0.2) is 67.7 Å². The van der Waals surface area contributed by atoms with E-state index in [1.165, 1.54) is 7.05 Å². The molecular weight excluding hydrogens is 232 g/mol. The molecular formula is C9H18N2O4S. The van der Waals surface area contributed by atoms with Gasteiger partial charge in [-0.25, -0.2) is 8.42 Å². The van der Waals surface area contributed by atoms with Crippen molar-refractivity contribution in [3.05, 3.63) is 0 Å². The van der Waals surface area contributed by atoms with E-state index in [1.54, 1.807) is 4.90 Å². The second-order valence-electron chi connectivity index (χ2n) is 3.88. The zero-order chi connectivity index (χ0) is 12.2. The van der Waals surface area contributed by atoms with Gasteiger partial charge in [-0.05, 0) is 12.8 Å². The highest BCUT2D eigenvalue weighted by molar-refractivity contribution is 7.89. The normalized spacial score (nSPS) is 17.1. The number of amides is 1. The summed E-state index contributed by atoms with van der Waals surface area (Å²) in [4.78, 5) is 13.3. The van der Waals surface area contributed by atoms with Gasteiger partial charge in [-0.2, -0.15) is 4.31 Å². The summed E-state index contributed by atoms with van der Waals surface area (Å²) in [5, 5.41) is 8.60. The van der Waals surface area contributed by atoms with E-state index in [1.807, 2.05) is 0 Å². The topological polar surface area (TPSA) is 77.9 Å². The van der Waals surface area contributed by atoms with Gasteiger partial charge in [0.25, 0.3) is 0 Å². The quantitative estimate of drug-likeness (QED) is 0.669. The molecule has 16 heavy (non-hydrogen) atoms. The van der Waals surface area contributed by atoms with Crippen LogP contribution in [0.4, 0.5) is 0 Å². The largest absolute Gasteiger partial charge is 0.395 e. The maximum Gasteiger partial charge on any atom is 0.237 e. The number of nitrogens with zero attached hydrogens (tertiary/aromatic N) is 2. The summed E-state index contributed by atoms with van der Waals surface area (Å²) in [6, 6.07) is 0. The van der Waals surface area contributed by atoms with E-state index in [4.69, 9.17) is 5.11 Å². The van der Waals surface area contributed by atoms with Crippen molar-refractivity contribution in [1.82, 2.24) is 9.21 Å². The Bertz CT molecular complexity index is 335. The van der Waals surface area contributed by atoms with Crippen molar-refractivity contribution in [2.45, 2.75) is 12.8 Å². The first-order valence-corrected chi connectivity index (χ1v) is 6.91. The third kappa shape index (κ3) is 3.43. The average molecular weight is 250 g/mol. The van der Waals surface area contributed by atoms with Gasteiger partial charge in [-0.3, -0.25) is 4.79 Å². The van der Waals surface area contributed by atoms with Crippen LogP contribution in [0.2, 0.25) is 0 Å². The van der Waals surface area contributed by atoms with E-state index < -0.39 is 16.6 Å². The van der Waals surface area contributed by atoms with Gasteiger partial charge in [0, 0.05) is 20.1 Å². The highest BCUT2D eigenvalue weighted by Crippen LogP contribution is 2.08. The minimum absolute atomic E-state index is 0.137. The number of carbonyl (C=O) groups is 1. The summed E-state index contributed by atoms with van der Waals surface area (Å²) in [7, 11) is -2.14. The van der Waals surface area contributed by atoms with Gasteiger partial charge in [0.15, 0.2) is 0 Å². The molecule has 1 amide bonds. The van der Waals surface area contributed by atoms with Crippen LogP contribution in [0, 0.1) is 0 Å². The summed E-state index contributed by atoms with van der Waals surface area (Å²) in [5.41, 5.74) is 0. The Morgan fingerprint density at radius 3 is 2.44 bits per heavy atom. The molecule has 1 N–H and O–H groups in total. The van der Waals surface area contributed by atoms with Gasteiger partial charge >= 0.3 is 0 Å². The number of hydrogen-bond donors (Lipinski definition) is 1. The first-order valence-electron chi connectivity index (χ1n) is 5.30. The van der Waals surface area contributed by atoms with E-state index >= 15 is 0 Å². The smallest absolute Gasteiger partial charge is 0.237 e. The molecule has 0 spiro atoms. The molecule has 1 heterocycles. The van der Waals surface area contributed by atoms with Crippen molar-refractivity contribution in [3.63, 3.8) is 0 Å². The summed E-state index contributed by atoms with van der Waals surface area (Å²) >= 11 is 0. The molecule has 1 rings (SSSR count). The number of aliphatic hydroxyl groups is 1. The Morgan fingerprint density at radius 1 is 1.38 bits per heavy atom. The Hall–Kier alpha value is -0.660. The van der Waals surface area contributed by atoms with E-state index in [-0.39, 0.29) is 18.2 Å². The van der Waals surface area contributed by atoms with Crippen molar-refractivity contribution < 1.29 is 18.3 Å². The number of likely N-dealkylation sites (N-methyl/N-ethyl adjacent to an activating group) is 1. The minimum atomic E-state index is -3.50. The molecule has 0 aromatic rings. The predicted molar refractivity (Wildman–Crippen MR) is 59.3 cm³/mol. The molecule has 7 heteroatoms. The highest BCUT2D eigenvalue weighted by Gasteiger charge is 2.24. The lowest BCUT2D eigenvalue weighted by Gasteiger charge is -2.20. The predicted octanol–water partition coefficient (Wildman–Crippen LogP) is -1.14. The number of sulfonamides is 1. The first kappa shape index (κ1) is 13.4. The van der Waals surface area contributed by atoms with Crippen molar-refractivity contribution in [2.75, 3.05) is 39.0 Å². The summed E-state index contributed by atoms with van der Waals surface area (Å²) in [6.45, 7) is 0.867. The summed E-state index contributed by atoms with van der Waals surface area (Å²) < 4.78 is 24.0. The Balaban J connectivity index is 2.50. The molecule has 0 radical (unpaired) electrons. The number of likely N-dealkylation sites (tertiary alicyclic amines) is 1. The second kappa shape index (κ2) is 5.60. The fourth-order valence-electron chi connectivity index (χ4n) is 1.63. The van der Waals surface area contributed by atoms with Crippen molar-refractivity contribution in [1.29, 1.82) is 0 Å². The molecule has 1 fully saturated rings. The van der Waals surface area contributed by atoms with Crippen LogP contribution in [0.5, 0.6) is 0 Å². The van der Waals surface area contributed by atoms with Crippen molar-refractivity contribution >= 4 is 15.9 Å². The van der Waals surface area contributed by atoms with Gasteiger partial charge < -0.3 is 10.0 Å². The first-order chi connectivity index (χ1) is 7.47. The van der Waals surface area contributed by atoms with Crippen molar-refractivity contribution in [3.8, 4) is 0 Å². The van der Waals surface area contributed by atoms with Crippen LogP contribution in [-0.2, 0) is 14.8 Å². The maximum absolute atomic E-state index is 11.7. The van der Waals surface area contributed by atoms with Gasteiger partial charge in [0.05, 0.1) is 18.9 Å². The van der Waals surface area contributed by atoms with Crippen LogP contribution in [0.25, 0.3) is 0 Å². The van der Waals surface area contributed by atoms with Gasteiger partial charge in [0.1, 0.15) is 0 Å². The van der Waals surface area contributed by atoms with Crippen LogP contribution < -0.4 is 0 Å². The zero-order valence-corrected chi connectivity index (χ0v) is 10.2. The fourth-order valence-corrected chi connectivity index (χ4v) is 2.48. The number of aliphatic hydroxyl groups excluding tert-OH is 1. The Kier molecular flexibility index (Phi) is 4.69. The third-order valence-electron chi connectivity index (χ3n) is 2.64. The van der Waals surface area contributed by atoms with Crippen LogP contribution in [0.3, 0.4) is 0 Å². The van der Waals surface area contributed by atoms with Crippen LogP contribution in [0.15, 0.2) is 0 Å². The van der Waals surface area contributed by atoms with Crippen molar-refractivity contribution in [2.24, 2.45) is 0 Å². The average Bonchev–Trinajstić information content (AvgIpc) is 2.70. The van der Waals surface area contributed by atoms with Gasteiger partial charge in [-0.1, -0.05) is 0 Å². The molecule has 0 aliphatic carbocycles. The number of rotatable bonds is 5. The van der Waals surface area contributed by atoms with Gasteiger partial charge in [-0.15, -0.1) is 0 Å². The second-order valence-corrected chi connectivity index (χ2v) is 6.08. The molecule has 94 valence electrons. The zero-order valence-electron chi connectivity index (χ0n) is 9.42. The Morgan fingerprint density at radius 2 is 1.94 bits per heavy atom. The SMILES string of the molecule is CN(CC(=O)N1CCCC1)S(=O)(=O)CCO. The molecule has 0 atom stereocenters. The lowest BCUT2D eigenvalue weighted by molar-refractivity contribution is -0.130. The molecule has 0 unspecified atom stereocenters. The van der Waals surface area contributed by atoms with E-state index in [9.17, 15) is 13.2 Å². The van der Waals surface area contributed by atoms with Gasteiger partial charge in [0.2, 0.25) is 15.9 Å². The van der Waals surface area contributed by atoms with E-state index in [0.29, 0.717) is 13.1 Å². The van der Waals surface area contributed by atoms with E-state index in [2.05, 4.69) is 0 Å². The molecule has 1 saturated heterocycles. The summed E-state index contributed by atoms with van der Waals surface area (Å²) in [5.74, 6) is -0.502. The molecule has 0 bridgehead atoms. The number of hydrogen-bond acceptors (Lipinski definition) is 4. The number of carbonyl (C=O) groups excluding carboxylic acids is 1. The van der Waals surface area contributed by atoms with E-state index in [0.717, 1.165) is 17.1 Å².